The van der Waals surface area contributed by atoms with Gasteiger partial charge in [-0.1, -0.05) is 11.6 Å². The highest BCUT2D eigenvalue weighted by Gasteiger charge is 2.09. The number of hydrogen-bond donors (Lipinski definition) is 1. The van der Waals surface area contributed by atoms with E-state index in [2.05, 4.69) is 0 Å². The van der Waals surface area contributed by atoms with Crippen LogP contribution in [0.4, 0.5) is 0 Å². The van der Waals surface area contributed by atoms with E-state index in [4.69, 9.17) is 11.6 Å². The number of aryl methyl sites for hydroxylation is 1. The van der Waals surface area contributed by atoms with Crippen LogP contribution in [0.3, 0.4) is 0 Å². The quantitative estimate of drug-likeness (QED) is 0.935. The molecule has 0 atom stereocenters. The topological polar surface area (TPSA) is 68.2 Å². The highest BCUT2D eigenvalue weighted by molar-refractivity contribution is 7.89. The maximum Gasteiger partial charge on any atom is 0.235 e. The molecule has 102 valence electrons. The smallest absolute Gasteiger partial charge is 0.235 e. The molecule has 0 saturated heterocycles. The first-order chi connectivity index (χ1) is 8.85. The van der Waals surface area contributed by atoms with Crippen LogP contribution in [0, 0.1) is 0 Å². The van der Waals surface area contributed by atoms with Crippen LogP contribution in [0.5, 0.6) is 0 Å². The number of carbonyl (C=O) groups excluding carboxylic acids is 1. The van der Waals surface area contributed by atoms with Crippen molar-refractivity contribution in [2.24, 2.45) is 0 Å². The van der Waals surface area contributed by atoms with Crippen LogP contribution in [0.25, 0.3) is 10.9 Å². The molecule has 2 rings (SSSR count). The standard InChI is InChI=1S/C12H13ClN2O3S/c1-19(17,18)14-12(16)5-7-15-6-4-9-8-10(13)2-3-11(9)15/h2-4,6,8H,5,7H2,1H3,(H,14,16). The molecule has 0 saturated carbocycles. The third-order valence-electron chi connectivity index (χ3n) is 2.61. The lowest BCUT2D eigenvalue weighted by atomic mass is 10.2. The minimum atomic E-state index is -3.49. The summed E-state index contributed by atoms with van der Waals surface area (Å²) in [6.07, 6.45) is 2.89. The van der Waals surface area contributed by atoms with Gasteiger partial charge in [-0.3, -0.25) is 9.52 Å². The summed E-state index contributed by atoms with van der Waals surface area (Å²) in [7, 11) is -3.49. The molecule has 7 heteroatoms. The van der Waals surface area contributed by atoms with Crippen LogP contribution < -0.4 is 4.72 Å². The van der Waals surface area contributed by atoms with Crippen molar-refractivity contribution >= 4 is 38.4 Å². The Labute approximate surface area is 116 Å². The third kappa shape index (κ3) is 3.71. The lowest BCUT2D eigenvalue weighted by Crippen LogP contribution is -2.29. The van der Waals surface area contributed by atoms with Crippen LogP contribution in [-0.2, 0) is 21.4 Å². The van der Waals surface area contributed by atoms with Gasteiger partial charge >= 0.3 is 0 Å². The Kier molecular flexibility index (Phi) is 3.82. The lowest BCUT2D eigenvalue weighted by Gasteiger charge is -2.06. The number of nitrogens with one attached hydrogen (secondary N) is 1. The summed E-state index contributed by atoms with van der Waals surface area (Å²) in [5.74, 6) is -0.515. The van der Waals surface area contributed by atoms with E-state index in [0.717, 1.165) is 17.2 Å². The Morgan fingerprint density at radius 2 is 2.11 bits per heavy atom. The Morgan fingerprint density at radius 3 is 2.79 bits per heavy atom. The van der Waals surface area contributed by atoms with E-state index < -0.39 is 15.9 Å². The zero-order valence-corrected chi connectivity index (χ0v) is 11.8. The highest BCUT2D eigenvalue weighted by Crippen LogP contribution is 2.20. The SMILES string of the molecule is CS(=O)(=O)NC(=O)CCn1ccc2cc(Cl)ccc21. The summed E-state index contributed by atoms with van der Waals surface area (Å²) in [6, 6.07) is 7.38. The summed E-state index contributed by atoms with van der Waals surface area (Å²) < 4.78 is 25.6. The van der Waals surface area contributed by atoms with Gasteiger partial charge in [0.05, 0.1) is 6.26 Å². The molecule has 0 aliphatic carbocycles. The number of fused-ring (bicyclic) bond motifs is 1. The van der Waals surface area contributed by atoms with Gasteiger partial charge in [-0.05, 0) is 24.3 Å². The Bertz CT molecular complexity index is 722. The second-order valence-electron chi connectivity index (χ2n) is 4.26. The number of halogens is 1. The maximum absolute atomic E-state index is 11.4. The number of amides is 1. The average molecular weight is 301 g/mol. The van der Waals surface area contributed by atoms with Crippen LogP contribution in [0.1, 0.15) is 6.42 Å². The molecule has 0 aliphatic rings. The summed E-state index contributed by atoms with van der Waals surface area (Å²) in [5.41, 5.74) is 0.955. The number of carbonyl (C=O) groups is 1. The van der Waals surface area contributed by atoms with Gasteiger partial charge in [-0.15, -0.1) is 0 Å². The molecule has 0 unspecified atom stereocenters. The van der Waals surface area contributed by atoms with Crippen molar-refractivity contribution in [2.45, 2.75) is 13.0 Å². The van der Waals surface area contributed by atoms with Gasteiger partial charge < -0.3 is 4.57 Å². The van der Waals surface area contributed by atoms with E-state index in [0.29, 0.717) is 11.6 Å². The predicted octanol–water partition coefficient (Wildman–Crippen LogP) is 1.76. The zero-order chi connectivity index (χ0) is 14.0. The Morgan fingerprint density at radius 1 is 1.37 bits per heavy atom. The molecule has 5 nitrogen and oxygen atoms in total. The molecular formula is C12H13ClN2O3S. The predicted molar refractivity (Wildman–Crippen MR) is 74.6 cm³/mol. The number of nitrogens with zero attached hydrogens (tertiary/aromatic N) is 1. The molecule has 1 amide bonds. The minimum Gasteiger partial charge on any atom is -0.347 e. The van der Waals surface area contributed by atoms with E-state index in [1.807, 2.05) is 33.7 Å². The number of hydrogen-bond acceptors (Lipinski definition) is 3. The van der Waals surface area contributed by atoms with Crippen molar-refractivity contribution in [2.75, 3.05) is 6.26 Å². The first-order valence-corrected chi connectivity index (χ1v) is 7.87. The van der Waals surface area contributed by atoms with E-state index in [1.165, 1.54) is 0 Å². The van der Waals surface area contributed by atoms with Crippen LogP contribution >= 0.6 is 11.6 Å². The van der Waals surface area contributed by atoms with E-state index in [9.17, 15) is 13.2 Å². The second kappa shape index (κ2) is 5.22. The van der Waals surface area contributed by atoms with Crippen LogP contribution in [-0.4, -0.2) is 25.1 Å². The van der Waals surface area contributed by atoms with Gasteiger partial charge in [-0.25, -0.2) is 8.42 Å². The molecule has 0 fully saturated rings. The van der Waals surface area contributed by atoms with Gasteiger partial charge in [0.1, 0.15) is 0 Å². The molecule has 1 aromatic carbocycles. The van der Waals surface area contributed by atoms with Crippen molar-refractivity contribution in [3.63, 3.8) is 0 Å². The Hall–Kier alpha value is -1.53. The molecular weight excluding hydrogens is 288 g/mol. The van der Waals surface area contributed by atoms with Gasteiger partial charge in [0, 0.05) is 35.1 Å². The second-order valence-corrected chi connectivity index (χ2v) is 6.44. The van der Waals surface area contributed by atoms with Gasteiger partial charge in [0.15, 0.2) is 0 Å². The monoisotopic (exact) mass is 300 g/mol. The molecule has 0 aliphatic heterocycles. The normalized spacial score (nSPS) is 11.7. The summed E-state index contributed by atoms with van der Waals surface area (Å²) in [5, 5.41) is 1.64. The molecule has 1 heterocycles. The molecule has 2 aromatic rings. The average Bonchev–Trinajstić information content (AvgIpc) is 2.66. The number of aromatic nitrogens is 1. The minimum absolute atomic E-state index is 0.0967. The Balaban J connectivity index is 2.08. The van der Waals surface area contributed by atoms with E-state index in [-0.39, 0.29) is 6.42 Å². The fourth-order valence-electron chi connectivity index (χ4n) is 1.85. The van der Waals surface area contributed by atoms with Crippen molar-refractivity contribution in [1.82, 2.24) is 9.29 Å². The van der Waals surface area contributed by atoms with E-state index >= 15 is 0 Å². The lowest BCUT2D eigenvalue weighted by molar-refractivity contribution is -0.119. The number of sulfonamides is 1. The van der Waals surface area contributed by atoms with Crippen molar-refractivity contribution in [3.8, 4) is 0 Å². The maximum atomic E-state index is 11.4. The fourth-order valence-corrected chi connectivity index (χ4v) is 2.54. The highest BCUT2D eigenvalue weighted by atomic mass is 35.5. The van der Waals surface area contributed by atoms with Gasteiger partial charge in [0.25, 0.3) is 0 Å². The van der Waals surface area contributed by atoms with Crippen molar-refractivity contribution in [1.29, 1.82) is 0 Å². The number of benzene rings is 1. The summed E-state index contributed by atoms with van der Waals surface area (Å²) in [6.45, 7) is 0.409. The van der Waals surface area contributed by atoms with Crippen LogP contribution in [0.15, 0.2) is 30.5 Å². The van der Waals surface area contributed by atoms with E-state index in [1.54, 1.807) is 6.07 Å². The van der Waals surface area contributed by atoms with Crippen molar-refractivity contribution in [3.05, 3.63) is 35.5 Å². The summed E-state index contributed by atoms with van der Waals surface area (Å²) >= 11 is 5.89. The first kappa shape index (κ1) is 13.9. The van der Waals surface area contributed by atoms with Gasteiger partial charge in [-0.2, -0.15) is 0 Å². The molecule has 1 aromatic heterocycles. The zero-order valence-electron chi connectivity index (χ0n) is 10.3. The fraction of sp³-hybridized carbons (Fsp3) is 0.250. The largest absolute Gasteiger partial charge is 0.347 e. The first-order valence-electron chi connectivity index (χ1n) is 5.60. The molecule has 0 bridgehead atoms. The molecule has 1 N–H and O–H groups in total. The molecule has 0 radical (unpaired) electrons. The molecule has 0 spiro atoms. The molecule has 19 heavy (non-hydrogen) atoms. The summed E-state index contributed by atoms with van der Waals surface area (Å²) in [4.78, 5) is 11.4. The van der Waals surface area contributed by atoms with Gasteiger partial charge in [0.2, 0.25) is 15.9 Å². The van der Waals surface area contributed by atoms with Crippen LogP contribution in [0.2, 0.25) is 5.02 Å². The van der Waals surface area contributed by atoms with Crippen molar-refractivity contribution < 1.29 is 13.2 Å². The third-order valence-corrected chi connectivity index (χ3v) is 3.45. The number of rotatable bonds is 4.